The van der Waals surface area contributed by atoms with Crippen molar-refractivity contribution in [3.63, 3.8) is 0 Å². The van der Waals surface area contributed by atoms with Gasteiger partial charge in [-0.1, -0.05) is 48.9 Å². The second kappa shape index (κ2) is 11.9. The molecule has 0 saturated carbocycles. The molecule has 3 aromatic rings. The van der Waals surface area contributed by atoms with E-state index in [1.54, 1.807) is 12.1 Å². The third-order valence-corrected chi connectivity index (χ3v) is 8.26. The van der Waals surface area contributed by atoms with Crippen LogP contribution in [0.5, 0.6) is 0 Å². The van der Waals surface area contributed by atoms with Crippen LogP contribution < -0.4 is 9.62 Å². The quantitative estimate of drug-likeness (QED) is 0.423. The molecule has 1 saturated heterocycles. The van der Waals surface area contributed by atoms with Gasteiger partial charge in [0.1, 0.15) is 0 Å². The van der Waals surface area contributed by atoms with Crippen molar-refractivity contribution in [2.45, 2.75) is 52.7 Å². The molecule has 6 nitrogen and oxygen atoms in total. The number of anilines is 1. The molecule has 4 rings (SSSR count). The molecule has 196 valence electrons. The molecule has 0 unspecified atom stereocenters. The fourth-order valence-electron chi connectivity index (χ4n) is 4.73. The Morgan fingerprint density at radius 3 is 2.22 bits per heavy atom. The third kappa shape index (κ3) is 7.21. The van der Waals surface area contributed by atoms with Crippen LogP contribution in [0.4, 0.5) is 5.69 Å². The lowest BCUT2D eigenvalue weighted by molar-refractivity contribution is 0.0950. The molecule has 3 aromatic carbocycles. The van der Waals surface area contributed by atoms with Crippen molar-refractivity contribution in [1.82, 2.24) is 10.2 Å². The highest BCUT2D eigenvalue weighted by Crippen LogP contribution is 2.24. The van der Waals surface area contributed by atoms with Gasteiger partial charge in [0.15, 0.2) is 0 Å². The molecule has 1 fully saturated rings. The monoisotopic (exact) mass is 519 g/mol. The van der Waals surface area contributed by atoms with Gasteiger partial charge >= 0.3 is 0 Å². The van der Waals surface area contributed by atoms with Gasteiger partial charge in [0.25, 0.3) is 5.91 Å². The smallest absolute Gasteiger partial charge is 0.251 e. The van der Waals surface area contributed by atoms with Crippen molar-refractivity contribution < 1.29 is 13.2 Å². The summed E-state index contributed by atoms with van der Waals surface area (Å²) in [7, 11) is -3.48. The third-order valence-electron chi connectivity index (χ3n) is 7.12. The van der Waals surface area contributed by atoms with Crippen molar-refractivity contribution >= 4 is 21.6 Å². The molecule has 0 bridgehead atoms. The lowest BCUT2D eigenvalue weighted by Gasteiger charge is -2.27. The van der Waals surface area contributed by atoms with Crippen molar-refractivity contribution in [2.75, 3.05) is 23.7 Å². The average Bonchev–Trinajstić information content (AvgIpc) is 2.88. The average molecular weight is 520 g/mol. The number of likely N-dealkylation sites (tertiary alicyclic amines) is 1. The molecule has 1 aliphatic heterocycles. The second-order valence-corrected chi connectivity index (χ2v) is 11.9. The van der Waals surface area contributed by atoms with E-state index in [4.69, 9.17) is 0 Å². The van der Waals surface area contributed by atoms with Crippen LogP contribution in [0.1, 0.15) is 57.4 Å². The lowest BCUT2D eigenvalue weighted by atomic mass is 10.0. The van der Waals surface area contributed by atoms with E-state index in [0.29, 0.717) is 17.8 Å². The molecule has 0 spiro atoms. The maximum atomic E-state index is 12.9. The highest BCUT2D eigenvalue weighted by atomic mass is 32.2. The van der Waals surface area contributed by atoms with Crippen LogP contribution in [0.2, 0.25) is 0 Å². The SMILES string of the molecule is Cc1ccc(N(Cc2ccc(C(=O)NCc3ccccc3CN3CCCCC3)cc2)S(C)(=O)=O)cc1C. The van der Waals surface area contributed by atoms with Crippen molar-refractivity contribution in [1.29, 1.82) is 0 Å². The fraction of sp³-hybridized carbons (Fsp3) is 0.367. The number of rotatable bonds is 9. The Morgan fingerprint density at radius 2 is 1.57 bits per heavy atom. The standard InChI is InChI=1S/C30H37N3O3S/c1-23-11-16-29(19-24(23)2)33(37(3,35)36)21-25-12-14-26(15-13-25)30(34)31-20-27-9-5-6-10-28(27)22-32-17-7-4-8-18-32/h5-6,9-16,19H,4,7-8,17-18,20-22H2,1-3H3,(H,31,34). The van der Waals surface area contributed by atoms with Gasteiger partial charge in [-0.25, -0.2) is 8.42 Å². The van der Waals surface area contributed by atoms with E-state index in [1.807, 2.05) is 50.2 Å². The number of nitrogens with zero attached hydrogens (tertiary/aromatic N) is 2. The number of hydrogen-bond donors (Lipinski definition) is 1. The zero-order chi connectivity index (χ0) is 26.4. The van der Waals surface area contributed by atoms with Gasteiger partial charge in [0, 0.05) is 18.7 Å². The summed E-state index contributed by atoms with van der Waals surface area (Å²) in [6.07, 6.45) is 5.03. The van der Waals surface area contributed by atoms with Crippen LogP contribution in [-0.2, 0) is 29.7 Å². The van der Waals surface area contributed by atoms with Crippen molar-refractivity contribution in [3.05, 3.63) is 100 Å². The van der Waals surface area contributed by atoms with Gasteiger partial charge in [-0.05, 0) is 91.9 Å². The van der Waals surface area contributed by atoms with Crippen LogP contribution in [0, 0.1) is 13.8 Å². The first-order valence-corrected chi connectivity index (χ1v) is 14.8. The number of carbonyl (C=O) groups excluding carboxylic acids is 1. The first kappa shape index (κ1) is 26.9. The number of amides is 1. The van der Waals surface area contributed by atoms with E-state index < -0.39 is 10.0 Å². The predicted octanol–water partition coefficient (Wildman–Crippen LogP) is 5.19. The highest BCUT2D eigenvalue weighted by molar-refractivity contribution is 7.92. The lowest BCUT2D eigenvalue weighted by Crippen LogP contribution is -2.30. The molecule has 1 heterocycles. The van der Waals surface area contributed by atoms with Crippen molar-refractivity contribution in [2.24, 2.45) is 0 Å². The minimum atomic E-state index is -3.48. The Morgan fingerprint density at radius 1 is 0.892 bits per heavy atom. The Kier molecular flexibility index (Phi) is 8.67. The van der Waals surface area contributed by atoms with Crippen LogP contribution in [0.25, 0.3) is 0 Å². The van der Waals surface area contributed by atoms with Crippen LogP contribution in [-0.4, -0.2) is 38.6 Å². The number of nitrogens with one attached hydrogen (secondary N) is 1. The van der Waals surface area contributed by atoms with Crippen LogP contribution in [0.3, 0.4) is 0 Å². The Bertz CT molecular complexity index is 1330. The molecule has 0 atom stereocenters. The minimum absolute atomic E-state index is 0.145. The van der Waals surface area contributed by atoms with Crippen LogP contribution in [0.15, 0.2) is 66.7 Å². The maximum absolute atomic E-state index is 12.9. The van der Waals surface area contributed by atoms with Gasteiger partial charge in [-0.15, -0.1) is 0 Å². The maximum Gasteiger partial charge on any atom is 0.251 e. The number of aryl methyl sites for hydroxylation is 2. The molecule has 0 aliphatic carbocycles. The Hall–Kier alpha value is -3.16. The van der Waals surface area contributed by atoms with Gasteiger partial charge in [-0.3, -0.25) is 14.0 Å². The van der Waals surface area contributed by atoms with Gasteiger partial charge in [-0.2, -0.15) is 0 Å². The molecule has 1 N–H and O–H groups in total. The van der Waals surface area contributed by atoms with E-state index in [-0.39, 0.29) is 12.5 Å². The summed E-state index contributed by atoms with van der Waals surface area (Å²) in [6, 6.07) is 21.1. The normalized spacial score (nSPS) is 14.4. The number of sulfonamides is 1. The molecular formula is C30H37N3O3S. The molecule has 1 aliphatic rings. The fourth-order valence-corrected chi connectivity index (χ4v) is 5.61. The summed E-state index contributed by atoms with van der Waals surface area (Å²) in [6.45, 7) is 7.82. The Labute approximate surface area is 221 Å². The highest BCUT2D eigenvalue weighted by Gasteiger charge is 2.19. The molecule has 7 heteroatoms. The zero-order valence-corrected chi connectivity index (χ0v) is 22.9. The molecule has 0 radical (unpaired) electrons. The first-order valence-electron chi connectivity index (χ1n) is 12.9. The number of benzene rings is 3. The topological polar surface area (TPSA) is 69.7 Å². The number of piperidine rings is 1. The van der Waals surface area contributed by atoms with Crippen LogP contribution >= 0.6 is 0 Å². The zero-order valence-electron chi connectivity index (χ0n) is 22.0. The van der Waals surface area contributed by atoms with Gasteiger partial charge in [0.05, 0.1) is 18.5 Å². The van der Waals surface area contributed by atoms with Gasteiger partial charge in [0.2, 0.25) is 10.0 Å². The van der Waals surface area contributed by atoms with E-state index >= 15 is 0 Å². The van der Waals surface area contributed by atoms with Crippen molar-refractivity contribution in [3.8, 4) is 0 Å². The van der Waals surface area contributed by atoms with E-state index in [0.717, 1.165) is 41.9 Å². The number of carbonyl (C=O) groups is 1. The minimum Gasteiger partial charge on any atom is -0.348 e. The van der Waals surface area contributed by atoms with Gasteiger partial charge < -0.3 is 5.32 Å². The summed E-state index contributed by atoms with van der Waals surface area (Å²) >= 11 is 0. The first-order chi connectivity index (χ1) is 17.7. The summed E-state index contributed by atoms with van der Waals surface area (Å²) < 4.78 is 26.5. The van der Waals surface area contributed by atoms with E-state index in [9.17, 15) is 13.2 Å². The second-order valence-electron chi connectivity index (χ2n) is 10.0. The van der Waals surface area contributed by atoms with E-state index in [1.165, 1.54) is 35.4 Å². The predicted molar refractivity (Wildman–Crippen MR) is 150 cm³/mol. The molecule has 0 aromatic heterocycles. The Balaban J connectivity index is 1.40. The number of hydrogen-bond acceptors (Lipinski definition) is 4. The summed E-state index contributed by atoms with van der Waals surface area (Å²) in [5, 5.41) is 3.05. The molecular weight excluding hydrogens is 482 g/mol. The summed E-state index contributed by atoms with van der Waals surface area (Å²) in [5.74, 6) is -0.145. The largest absolute Gasteiger partial charge is 0.348 e. The van der Waals surface area contributed by atoms with E-state index in [2.05, 4.69) is 28.4 Å². The summed E-state index contributed by atoms with van der Waals surface area (Å²) in [4.78, 5) is 15.4. The molecule has 37 heavy (non-hydrogen) atoms. The summed E-state index contributed by atoms with van der Waals surface area (Å²) in [5.41, 5.74) is 6.54. The molecule has 1 amide bonds.